The highest BCUT2D eigenvalue weighted by Gasteiger charge is 2.31. The second-order valence-electron chi connectivity index (χ2n) is 4.98. The quantitative estimate of drug-likeness (QED) is 0.831. The van der Waals surface area contributed by atoms with Crippen LogP contribution in [-0.2, 0) is 6.54 Å². The minimum Gasteiger partial charge on any atom is -0.338 e. The first-order valence-electron chi connectivity index (χ1n) is 6.31. The summed E-state index contributed by atoms with van der Waals surface area (Å²) in [4.78, 5) is 7.80. The molecule has 0 radical (unpaired) electrons. The van der Waals surface area contributed by atoms with Crippen molar-refractivity contribution in [3.8, 4) is 10.7 Å². The van der Waals surface area contributed by atoms with E-state index in [4.69, 9.17) is 4.52 Å². The first kappa shape index (κ1) is 11.9. The minimum atomic E-state index is 0.599. The molecule has 0 aromatic carbocycles. The number of nitrogens with zero attached hydrogens (tertiary/aromatic N) is 3. The molecule has 96 valence electrons. The molecule has 0 aliphatic heterocycles. The van der Waals surface area contributed by atoms with Crippen molar-refractivity contribution in [1.82, 2.24) is 15.0 Å². The van der Waals surface area contributed by atoms with E-state index >= 15 is 0 Å². The monoisotopic (exact) mass is 263 g/mol. The molecule has 1 atom stereocenters. The van der Waals surface area contributed by atoms with Crippen molar-refractivity contribution in [3.63, 3.8) is 0 Å². The third-order valence-electron chi connectivity index (χ3n) is 3.59. The van der Waals surface area contributed by atoms with Crippen LogP contribution in [-0.4, -0.2) is 28.1 Å². The van der Waals surface area contributed by atoms with E-state index in [1.165, 1.54) is 12.8 Å². The first-order chi connectivity index (χ1) is 8.74. The Morgan fingerprint density at radius 2 is 2.39 bits per heavy atom. The maximum atomic E-state index is 5.31. The number of hydrogen-bond acceptors (Lipinski definition) is 5. The molecule has 2 aromatic rings. The van der Waals surface area contributed by atoms with Crippen molar-refractivity contribution in [1.29, 1.82) is 0 Å². The lowest BCUT2D eigenvalue weighted by Gasteiger charge is -2.22. The summed E-state index contributed by atoms with van der Waals surface area (Å²) < 4.78 is 5.31. The Labute approximate surface area is 111 Å². The standard InChI is InChI=1S/C13H17N3OS/c1-9(10-5-6-10)16(2)8-12-14-13(15-17-12)11-4-3-7-18-11/h3-4,7,9-10H,5-6,8H2,1-2H3/t9-/m1/s1. The zero-order valence-corrected chi connectivity index (χ0v) is 11.5. The third-order valence-corrected chi connectivity index (χ3v) is 4.46. The van der Waals surface area contributed by atoms with E-state index in [0.717, 1.165) is 17.3 Å². The Kier molecular flexibility index (Phi) is 3.18. The molecule has 18 heavy (non-hydrogen) atoms. The Balaban J connectivity index is 1.66. The van der Waals surface area contributed by atoms with E-state index in [1.807, 2.05) is 17.5 Å². The smallest absolute Gasteiger partial charge is 0.241 e. The largest absolute Gasteiger partial charge is 0.338 e. The summed E-state index contributed by atoms with van der Waals surface area (Å²) in [6.07, 6.45) is 2.71. The molecular weight excluding hydrogens is 246 g/mol. The highest BCUT2D eigenvalue weighted by molar-refractivity contribution is 7.13. The highest BCUT2D eigenvalue weighted by Crippen LogP contribution is 2.35. The Morgan fingerprint density at radius 3 is 3.06 bits per heavy atom. The van der Waals surface area contributed by atoms with Gasteiger partial charge in [-0.3, -0.25) is 4.90 Å². The lowest BCUT2D eigenvalue weighted by molar-refractivity contribution is 0.197. The van der Waals surface area contributed by atoms with Crippen molar-refractivity contribution in [2.75, 3.05) is 7.05 Å². The predicted octanol–water partition coefficient (Wildman–Crippen LogP) is 3.03. The van der Waals surface area contributed by atoms with Gasteiger partial charge in [0.05, 0.1) is 11.4 Å². The molecule has 5 heteroatoms. The summed E-state index contributed by atoms with van der Waals surface area (Å²) in [6, 6.07) is 4.61. The lowest BCUT2D eigenvalue weighted by atomic mass is 10.2. The van der Waals surface area contributed by atoms with Crippen LogP contribution in [0.2, 0.25) is 0 Å². The molecule has 2 heterocycles. The van der Waals surface area contributed by atoms with Crippen LogP contribution < -0.4 is 0 Å². The van der Waals surface area contributed by atoms with Crippen molar-refractivity contribution >= 4 is 11.3 Å². The number of hydrogen-bond donors (Lipinski definition) is 0. The van der Waals surface area contributed by atoms with Crippen LogP contribution in [0.3, 0.4) is 0 Å². The molecule has 0 spiro atoms. The fourth-order valence-corrected chi connectivity index (χ4v) is 2.77. The summed E-state index contributed by atoms with van der Waals surface area (Å²) in [6.45, 7) is 3.00. The second-order valence-corrected chi connectivity index (χ2v) is 5.93. The molecule has 0 amide bonds. The van der Waals surface area contributed by atoms with Crippen LogP contribution in [0.25, 0.3) is 10.7 Å². The Bertz CT molecular complexity index is 504. The second kappa shape index (κ2) is 4.82. The SMILES string of the molecule is C[C@H](C1CC1)N(C)Cc1nc(-c2cccs2)no1. The number of aromatic nitrogens is 2. The summed E-state index contributed by atoms with van der Waals surface area (Å²) in [7, 11) is 2.12. The number of thiophene rings is 1. The van der Waals surface area contributed by atoms with Gasteiger partial charge in [0.25, 0.3) is 0 Å². The average molecular weight is 263 g/mol. The minimum absolute atomic E-state index is 0.599. The molecule has 1 saturated carbocycles. The normalized spacial score (nSPS) is 17.3. The molecule has 0 saturated heterocycles. The molecule has 0 N–H and O–H groups in total. The average Bonchev–Trinajstić information content (AvgIpc) is 2.89. The Morgan fingerprint density at radius 1 is 1.56 bits per heavy atom. The molecular formula is C13H17N3OS. The van der Waals surface area contributed by atoms with Gasteiger partial charge in [-0.25, -0.2) is 0 Å². The van der Waals surface area contributed by atoms with Crippen molar-refractivity contribution in [2.24, 2.45) is 5.92 Å². The van der Waals surface area contributed by atoms with E-state index < -0.39 is 0 Å². The van der Waals surface area contributed by atoms with Crippen LogP contribution >= 0.6 is 11.3 Å². The maximum absolute atomic E-state index is 5.31. The summed E-state index contributed by atoms with van der Waals surface area (Å²) in [5.41, 5.74) is 0. The van der Waals surface area contributed by atoms with Gasteiger partial charge in [-0.2, -0.15) is 4.98 Å². The number of rotatable bonds is 5. The van der Waals surface area contributed by atoms with Gasteiger partial charge in [0.15, 0.2) is 0 Å². The first-order valence-corrected chi connectivity index (χ1v) is 7.18. The van der Waals surface area contributed by atoms with Crippen LogP contribution in [0.15, 0.2) is 22.0 Å². The third kappa shape index (κ3) is 2.47. The van der Waals surface area contributed by atoms with Gasteiger partial charge in [0.2, 0.25) is 11.7 Å². The molecule has 1 aliphatic carbocycles. The van der Waals surface area contributed by atoms with E-state index in [2.05, 4.69) is 29.0 Å². The van der Waals surface area contributed by atoms with Crippen LogP contribution in [0.1, 0.15) is 25.7 Å². The molecule has 1 aliphatic rings. The van der Waals surface area contributed by atoms with Gasteiger partial charge in [0, 0.05) is 6.04 Å². The molecule has 0 bridgehead atoms. The van der Waals surface area contributed by atoms with E-state index in [1.54, 1.807) is 11.3 Å². The summed E-state index contributed by atoms with van der Waals surface area (Å²) in [5.74, 6) is 2.26. The van der Waals surface area contributed by atoms with Gasteiger partial charge in [-0.1, -0.05) is 11.2 Å². The zero-order chi connectivity index (χ0) is 12.5. The maximum Gasteiger partial charge on any atom is 0.241 e. The highest BCUT2D eigenvalue weighted by atomic mass is 32.1. The predicted molar refractivity (Wildman–Crippen MR) is 71.3 cm³/mol. The molecule has 4 nitrogen and oxygen atoms in total. The fourth-order valence-electron chi connectivity index (χ4n) is 2.12. The van der Waals surface area contributed by atoms with Gasteiger partial charge in [0.1, 0.15) is 0 Å². The molecule has 3 rings (SSSR count). The van der Waals surface area contributed by atoms with Crippen molar-refractivity contribution < 1.29 is 4.52 Å². The topological polar surface area (TPSA) is 42.2 Å². The van der Waals surface area contributed by atoms with Crippen LogP contribution in [0.5, 0.6) is 0 Å². The van der Waals surface area contributed by atoms with E-state index in [0.29, 0.717) is 17.8 Å². The van der Waals surface area contributed by atoms with Crippen molar-refractivity contribution in [3.05, 3.63) is 23.4 Å². The van der Waals surface area contributed by atoms with Gasteiger partial charge < -0.3 is 4.52 Å². The molecule has 1 fully saturated rings. The molecule has 0 unspecified atom stereocenters. The van der Waals surface area contributed by atoms with Crippen LogP contribution in [0, 0.1) is 5.92 Å². The lowest BCUT2D eigenvalue weighted by Crippen LogP contribution is -2.30. The summed E-state index contributed by atoms with van der Waals surface area (Å²) in [5, 5.41) is 6.05. The van der Waals surface area contributed by atoms with E-state index in [-0.39, 0.29) is 0 Å². The molecule has 2 aromatic heterocycles. The van der Waals surface area contributed by atoms with Gasteiger partial charge in [-0.15, -0.1) is 11.3 Å². The van der Waals surface area contributed by atoms with Gasteiger partial charge >= 0.3 is 0 Å². The van der Waals surface area contributed by atoms with Gasteiger partial charge in [-0.05, 0) is 44.2 Å². The Hall–Kier alpha value is -1.20. The zero-order valence-electron chi connectivity index (χ0n) is 10.7. The fraction of sp³-hybridized carbons (Fsp3) is 0.538. The van der Waals surface area contributed by atoms with Crippen molar-refractivity contribution in [2.45, 2.75) is 32.4 Å². The van der Waals surface area contributed by atoms with Crippen LogP contribution in [0.4, 0.5) is 0 Å². The van der Waals surface area contributed by atoms with E-state index in [9.17, 15) is 0 Å². The summed E-state index contributed by atoms with van der Waals surface area (Å²) >= 11 is 1.63.